The van der Waals surface area contributed by atoms with Gasteiger partial charge in [-0.25, -0.2) is 0 Å². The quantitative estimate of drug-likeness (QED) is 0.230. The Morgan fingerprint density at radius 2 is 1.02 bits per heavy atom. The molecule has 2 aliphatic carbocycles. The summed E-state index contributed by atoms with van der Waals surface area (Å²) in [6, 6.07) is 37.7. The van der Waals surface area contributed by atoms with Crippen molar-refractivity contribution in [3.8, 4) is 11.1 Å². The molecule has 0 N–H and O–H groups in total. The molecule has 4 aromatic carbocycles. The Hall–Kier alpha value is -2.31. The summed E-state index contributed by atoms with van der Waals surface area (Å²) in [5.74, 6) is 0.482. The summed E-state index contributed by atoms with van der Waals surface area (Å²) < 4.78 is 3.77. The summed E-state index contributed by atoms with van der Waals surface area (Å²) in [5, 5.41) is 0. The zero-order chi connectivity index (χ0) is 33.0. The maximum absolute atomic E-state index is 2.89. The van der Waals surface area contributed by atoms with Gasteiger partial charge in [-0.05, 0) is 0 Å². The molecule has 3 heteroatoms. The van der Waals surface area contributed by atoms with Crippen molar-refractivity contribution in [2.75, 3.05) is 0 Å². The monoisotopic (exact) mass is 752 g/mol. The number of allylic oxidation sites excluding steroid dienone is 4. The van der Waals surface area contributed by atoms with Crippen LogP contribution in [0.4, 0.5) is 0 Å². The topological polar surface area (TPSA) is 0 Å². The van der Waals surface area contributed by atoms with Gasteiger partial charge in [0.2, 0.25) is 0 Å². The van der Waals surface area contributed by atoms with Gasteiger partial charge >= 0.3 is 288 Å². The molecule has 0 amide bonds. The van der Waals surface area contributed by atoms with Gasteiger partial charge in [0.15, 0.2) is 0 Å². The summed E-state index contributed by atoms with van der Waals surface area (Å²) in [7, 11) is 0. The zero-order valence-electron chi connectivity index (χ0n) is 30.5. The van der Waals surface area contributed by atoms with E-state index < -0.39 is 21.3 Å². The van der Waals surface area contributed by atoms with E-state index in [0.29, 0.717) is 9.54 Å². The second-order valence-electron chi connectivity index (χ2n) is 16.5. The third-order valence-electron chi connectivity index (χ3n) is 10.1. The molecule has 48 heavy (non-hydrogen) atoms. The van der Waals surface area contributed by atoms with Crippen molar-refractivity contribution in [2.45, 2.75) is 90.1 Å². The van der Waals surface area contributed by atoms with Crippen LogP contribution in [0.3, 0.4) is 0 Å². The number of hydrogen-bond donors (Lipinski definition) is 0. The molecular formula is C45H52Cl2Zr. The molecular weight excluding hydrogens is 703 g/mol. The Bertz CT molecular complexity index is 1750. The van der Waals surface area contributed by atoms with Crippen molar-refractivity contribution in [3.05, 3.63) is 151 Å². The molecule has 0 nitrogen and oxygen atoms in total. The van der Waals surface area contributed by atoms with Crippen molar-refractivity contribution in [2.24, 2.45) is 11.3 Å². The van der Waals surface area contributed by atoms with Crippen LogP contribution >= 0.6 is 0 Å². The van der Waals surface area contributed by atoms with Gasteiger partial charge in [-0.15, -0.1) is 0 Å². The van der Waals surface area contributed by atoms with Crippen LogP contribution in [0.2, 0.25) is 0 Å². The molecule has 250 valence electrons. The van der Waals surface area contributed by atoms with Crippen molar-refractivity contribution in [1.82, 2.24) is 0 Å². The molecule has 0 aliphatic heterocycles. The van der Waals surface area contributed by atoms with Gasteiger partial charge in [0.1, 0.15) is 0 Å². The molecule has 0 aromatic heterocycles. The van der Waals surface area contributed by atoms with Crippen LogP contribution in [0.5, 0.6) is 0 Å². The van der Waals surface area contributed by atoms with Crippen LogP contribution in [0.15, 0.2) is 118 Å². The van der Waals surface area contributed by atoms with Crippen LogP contribution in [0.25, 0.3) is 11.1 Å². The predicted molar refractivity (Wildman–Crippen MR) is 197 cm³/mol. The first-order valence-corrected chi connectivity index (χ1v) is 21.1. The SMILES string of the molecule is CCC1C=C(C(C)(C)C)C=[C]1[Zr+2](=[C](c1ccccc1)c1ccccc1)[CH]1c2cc(C(C)(C)C)ccc2-c2ccc(C(C)(C)C)cc21.[Cl-].[Cl-]. The molecule has 0 radical (unpaired) electrons. The Balaban J connectivity index is 0.00000260. The van der Waals surface area contributed by atoms with E-state index in [1.54, 1.807) is 17.6 Å². The van der Waals surface area contributed by atoms with E-state index in [4.69, 9.17) is 0 Å². The van der Waals surface area contributed by atoms with Crippen LogP contribution in [-0.2, 0) is 32.1 Å². The van der Waals surface area contributed by atoms with Crippen LogP contribution in [0, 0.1) is 11.3 Å². The van der Waals surface area contributed by atoms with Gasteiger partial charge in [-0.2, -0.15) is 0 Å². The average molecular weight is 755 g/mol. The number of benzene rings is 4. The third kappa shape index (κ3) is 7.41. The third-order valence-corrected chi connectivity index (χ3v) is 18.6. The molecule has 0 saturated heterocycles. The molecule has 0 saturated carbocycles. The molecule has 1 unspecified atom stereocenters. The molecule has 4 aromatic rings. The van der Waals surface area contributed by atoms with E-state index in [9.17, 15) is 0 Å². The fraction of sp³-hybridized carbons (Fsp3) is 0.356. The standard InChI is InChI=1S/C21H25.C13H10.C11H17.2ClH.Zr/c1-20(2,3)16-7-9-18-14(12-16)11-15-13-17(21(4,5)6)8-10-19(15)18;1-3-7-12(8-4-1)11-13-9-5-2-6-10-13;1-5-9-6-7-10(8-9)11(2,3)4;;;/h7-13H,1-6H3;1-10H;7-9H,5H2,1-4H3;2*1H;/q;;;;;+2/p-2. The van der Waals surface area contributed by atoms with E-state index in [-0.39, 0.29) is 41.1 Å². The normalized spacial score (nSPS) is 15.6. The molecule has 2 aliphatic rings. The largest absolute Gasteiger partial charge is 1.00 e. The maximum Gasteiger partial charge on any atom is -1.00 e. The number of halogens is 2. The molecule has 0 fully saturated rings. The Labute approximate surface area is 311 Å². The van der Waals surface area contributed by atoms with Crippen molar-refractivity contribution in [1.29, 1.82) is 0 Å². The molecule has 0 spiro atoms. The second kappa shape index (κ2) is 14.5. The predicted octanol–water partition coefficient (Wildman–Crippen LogP) is 6.14. The fourth-order valence-corrected chi connectivity index (χ4v) is 17.1. The van der Waals surface area contributed by atoms with Crippen LogP contribution in [-0.4, -0.2) is 3.21 Å². The van der Waals surface area contributed by atoms with Crippen LogP contribution in [0.1, 0.15) is 113 Å². The Morgan fingerprint density at radius 3 is 1.40 bits per heavy atom. The first-order valence-electron chi connectivity index (χ1n) is 17.3. The maximum atomic E-state index is 2.69. The zero-order valence-corrected chi connectivity index (χ0v) is 34.5. The van der Waals surface area contributed by atoms with Crippen LogP contribution < -0.4 is 24.8 Å². The average Bonchev–Trinajstić information content (AvgIpc) is 3.59. The van der Waals surface area contributed by atoms with E-state index in [0.717, 1.165) is 6.42 Å². The molecule has 0 heterocycles. The summed E-state index contributed by atoms with van der Waals surface area (Å²) >= 11 is -2.89. The van der Waals surface area contributed by atoms with Gasteiger partial charge in [0, 0.05) is 0 Å². The molecule has 6 rings (SSSR count). The first-order chi connectivity index (χ1) is 21.7. The van der Waals surface area contributed by atoms with Crippen molar-refractivity contribution in [3.63, 3.8) is 0 Å². The molecule has 0 bridgehead atoms. The van der Waals surface area contributed by atoms with Gasteiger partial charge in [0.05, 0.1) is 0 Å². The number of hydrogen-bond acceptors (Lipinski definition) is 0. The Kier molecular flexibility index (Phi) is 11.6. The number of fused-ring (bicyclic) bond motifs is 3. The smallest absolute Gasteiger partial charge is 1.00 e. The number of rotatable bonds is 5. The summed E-state index contributed by atoms with van der Waals surface area (Å²) in [4.78, 5) is 0. The summed E-state index contributed by atoms with van der Waals surface area (Å²) in [6.07, 6.45) is 6.47. The van der Waals surface area contributed by atoms with E-state index in [1.807, 2.05) is 0 Å². The summed E-state index contributed by atoms with van der Waals surface area (Å²) in [5.41, 5.74) is 13.5. The van der Waals surface area contributed by atoms with Crippen molar-refractivity contribution < 1.29 is 46.1 Å². The Morgan fingerprint density at radius 1 is 0.583 bits per heavy atom. The van der Waals surface area contributed by atoms with Gasteiger partial charge in [0.25, 0.3) is 0 Å². The van der Waals surface area contributed by atoms with Crippen molar-refractivity contribution >= 4 is 3.21 Å². The fourth-order valence-electron chi connectivity index (χ4n) is 7.36. The minimum Gasteiger partial charge on any atom is -1.00 e. The van der Waals surface area contributed by atoms with E-state index >= 15 is 0 Å². The van der Waals surface area contributed by atoms with Gasteiger partial charge < -0.3 is 24.8 Å². The van der Waals surface area contributed by atoms with E-state index in [2.05, 4.69) is 178 Å². The second-order valence-corrected chi connectivity index (χ2v) is 22.6. The van der Waals surface area contributed by atoms with E-state index in [1.165, 1.54) is 39.0 Å². The molecule has 1 atom stereocenters. The summed E-state index contributed by atoms with van der Waals surface area (Å²) in [6.45, 7) is 23.7. The minimum absolute atomic E-state index is 0. The van der Waals surface area contributed by atoms with Gasteiger partial charge in [-0.1, -0.05) is 0 Å². The first kappa shape index (κ1) is 38.5. The van der Waals surface area contributed by atoms with Gasteiger partial charge in [-0.3, -0.25) is 0 Å². The minimum atomic E-state index is -2.89.